The van der Waals surface area contributed by atoms with Gasteiger partial charge in [0.1, 0.15) is 0 Å². The molecule has 0 saturated carbocycles. The standard InChI is InChI=1S/C22H20N2O8/c25-15-5-13(6-16(26)19(15)29)21(31)23-9-11-2-1-3-12(4-11)10-24-22(32)14-7-17(27)20(30)18(28)8-14/h1-8,25-30H,9-10H2,(H,23,31)(H,24,32). The first-order chi connectivity index (χ1) is 15.2. The molecule has 10 nitrogen and oxygen atoms in total. The lowest BCUT2D eigenvalue weighted by atomic mass is 10.1. The number of nitrogens with one attached hydrogen (secondary N) is 2. The van der Waals surface area contributed by atoms with E-state index < -0.39 is 46.3 Å². The maximum Gasteiger partial charge on any atom is 0.251 e. The third kappa shape index (κ3) is 4.93. The third-order valence-electron chi connectivity index (χ3n) is 4.56. The zero-order valence-corrected chi connectivity index (χ0v) is 16.5. The Kier molecular flexibility index (Phi) is 6.24. The monoisotopic (exact) mass is 440 g/mol. The molecule has 0 bridgehead atoms. The fraction of sp³-hybridized carbons (Fsp3) is 0.0909. The Morgan fingerprint density at radius 2 is 0.938 bits per heavy atom. The van der Waals surface area contributed by atoms with E-state index >= 15 is 0 Å². The Hall–Kier alpha value is -4.60. The fourth-order valence-corrected chi connectivity index (χ4v) is 2.89. The van der Waals surface area contributed by atoms with E-state index in [-0.39, 0.29) is 24.2 Å². The van der Waals surface area contributed by atoms with Crippen molar-refractivity contribution in [2.45, 2.75) is 13.1 Å². The molecule has 3 rings (SSSR count). The number of benzene rings is 3. The Bertz CT molecular complexity index is 1060. The molecule has 32 heavy (non-hydrogen) atoms. The van der Waals surface area contributed by atoms with Crippen LogP contribution in [0.2, 0.25) is 0 Å². The second kappa shape index (κ2) is 9.04. The minimum absolute atomic E-state index is 0.0402. The Balaban J connectivity index is 1.61. The zero-order valence-electron chi connectivity index (χ0n) is 16.5. The minimum atomic E-state index is -0.714. The van der Waals surface area contributed by atoms with E-state index in [1.165, 1.54) is 0 Å². The van der Waals surface area contributed by atoms with E-state index in [4.69, 9.17) is 0 Å². The molecule has 0 atom stereocenters. The van der Waals surface area contributed by atoms with Crippen molar-refractivity contribution in [1.82, 2.24) is 10.6 Å². The smallest absolute Gasteiger partial charge is 0.251 e. The summed E-state index contributed by atoms with van der Waals surface area (Å²) in [4.78, 5) is 24.5. The topological polar surface area (TPSA) is 180 Å². The van der Waals surface area contributed by atoms with Crippen molar-refractivity contribution < 1.29 is 40.2 Å². The number of phenols is 6. The van der Waals surface area contributed by atoms with Crippen molar-refractivity contribution in [2.24, 2.45) is 0 Å². The molecule has 0 aliphatic rings. The van der Waals surface area contributed by atoms with Gasteiger partial charge in [0.15, 0.2) is 34.5 Å². The summed E-state index contributed by atoms with van der Waals surface area (Å²) < 4.78 is 0. The van der Waals surface area contributed by atoms with Gasteiger partial charge in [0, 0.05) is 24.2 Å². The van der Waals surface area contributed by atoms with Crippen LogP contribution in [0.5, 0.6) is 34.5 Å². The number of rotatable bonds is 6. The van der Waals surface area contributed by atoms with E-state index in [9.17, 15) is 40.2 Å². The van der Waals surface area contributed by atoms with E-state index in [2.05, 4.69) is 10.6 Å². The lowest BCUT2D eigenvalue weighted by molar-refractivity contribution is 0.0943. The summed E-state index contributed by atoms with van der Waals surface area (Å²) in [6.45, 7) is 0.228. The van der Waals surface area contributed by atoms with Gasteiger partial charge in [0.25, 0.3) is 11.8 Å². The second-order valence-corrected chi connectivity index (χ2v) is 6.91. The maximum atomic E-state index is 12.2. The summed E-state index contributed by atoms with van der Waals surface area (Å²) >= 11 is 0. The van der Waals surface area contributed by atoms with Gasteiger partial charge in [-0.15, -0.1) is 0 Å². The van der Waals surface area contributed by atoms with E-state index in [1.54, 1.807) is 24.3 Å². The largest absolute Gasteiger partial charge is 0.504 e. The van der Waals surface area contributed by atoms with Gasteiger partial charge in [-0.1, -0.05) is 24.3 Å². The zero-order chi connectivity index (χ0) is 23.4. The van der Waals surface area contributed by atoms with E-state index in [1.807, 2.05) is 0 Å². The molecule has 0 spiro atoms. The van der Waals surface area contributed by atoms with Crippen LogP contribution in [0.25, 0.3) is 0 Å². The van der Waals surface area contributed by atoms with Crippen LogP contribution in [0.4, 0.5) is 0 Å². The number of carbonyl (C=O) groups is 2. The molecule has 8 N–H and O–H groups in total. The van der Waals surface area contributed by atoms with E-state index in [0.717, 1.165) is 24.3 Å². The normalized spacial score (nSPS) is 10.5. The van der Waals surface area contributed by atoms with Crippen LogP contribution in [0.3, 0.4) is 0 Å². The van der Waals surface area contributed by atoms with Crippen molar-refractivity contribution in [2.75, 3.05) is 0 Å². The number of carbonyl (C=O) groups excluding carboxylic acids is 2. The highest BCUT2D eigenvalue weighted by Crippen LogP contribution is 2.36. The molecule has 0 heterocycles. The summed E-state index contributed by atoms with van der Waals surface area (Å²) in [5.74, 6) is -5.08. The highest BCUT2D eigenvalue weighted by molar-refractivity contribution is 5.96. The second-order valence-electron chi connectivity index (χ2n) is 6.91. The molecular formula is C22H20N2O8. The maximum absolute atomic E-state index is 12.2. The molecular weight excluding hydrogens is 420 g/mol. The highest BCUT2D eigenvalue weighted by atomic mass is 16.3. The molecule has 0 fully saturated rings. The number of amides is 2. The van der Waals surface area contributed by atoms with Crippen LogP contribution in [-0.4, -0.2) is 42.5 Å². The van der Waals surface area contributed by atoms with Crippen molar-refractivity contribution in [3.8, 4) is 34.5 Å². The van der Waals surface area contributed by atoms with Crippen molar-refractivity contribution in [1.29, 1.82) is 0 Å². The first-order valence-electron chi connectivity index (χ1n) is 9.29. The first kappa shape index (κ1) is 22.1. The van der Waals surface area contributed by atoms with Gasteiger partial charge in [-0.2, -0.15) is 0 Å². The molecule has 0 aromatic heterocycles. The highest BCUT2D eigenvalue weighted by Gasteiger charge is 2.15. The molecule has 0 unspecified atom stereocenters. The third-order valence-corrected chi connectivity index (χ3v) is 4.56. The van der Waals surface area contributed by atoms with Gasteiger partial charge in [-0.05, 0) is 35.4 Å². The van der Waals surface area contributed by atoms with Gasteiger partial charge < -0.3 is 41.3 Å². The fourth-order valence-electron chi connectivity index (χ4n) is 2.89. The van der Waals surface area contributed by atoms with Crippen molar-refractivity contribution in [3.63, 3.8) is 0 Å². The van der Waals surface area contributed by atoms with Crippen molar-refractivity contribution in [3.05, 3.63) is 70.8 Å². The number of hydrogen-bond acceptors (Lipinski definition) is 8. The average Bonchev–Trinajstić information content (AvgIpc) is 2.77. The molecule has 3 aromatic rings. The molecule has 10 heteroatoms. The average molecular weight is 440 g/mol. The van der Waals surface area contributed by atoms with Crippen molar-refractivity contribution >= 4 is 11.8 Å². The number of hydrogen-bond donors (Lipinski definition) is 8. The molecule has 0 radical (unpaired) electrons. The molecule has 3 aromatic carbocycles. The van der Waals surface area contributed by atoms with Gasteiger partial charge in [0.05, 0.1) is 0 Å². The van der Waals surface area contributed by atoms with Gasteiger partial charge in [-0.25, -0.2) is 0 Å². The number of phenolic OH excluding ortho intramolecular Hbond substituents is 6. The Labute approximate surface area is 181 Å². The first-order valence-corrected chi connectivity index (χ1v) is 9.29. The summed E-state index contributed by atoms with van der Waals surface area (Å²) in [5.41, 5.74) is 1.33. The van der Waals surface area contributed by atoms with Gasteiger partial charge in [-0.3, -0.25) is 9.59 Å². The summed E-state index contributed by atoms with van der Waals surface area (Å²) in [6, 6.07) is 11.0. The molecule has 0 saturated heterocycles. The lowest BCUT2D eigenvalue weighted by Crippen LogP contribution is -2.24. The van der Waals surface area contributed by atoms with E-state index in [0.29, 0.717) is 11.1 Å². The molecule has 0 aliphatic heterocycles. The molecule has 166 valence electrons. The van der Waals surface area contributed by atoms with Crippen LogP contribution in [-0.2, 0) is 13.1 Å². The summed E-state index contributed by atoms with van der Waals surface area (Å²) in [5, 5.41) is 62.0. The van der Waals surface area contributed by atoms with Gasteiger partial charge >= 0.3 is 0 Å². The quantitative estimate of drug-likeness (QED) is 0.267. The predicted molar refractivity (Wildman–Crippen MR) is 112 cm³/mol. The van der Waals surface area contributed by atoms with Crippen LogP contribution < -0.4 is 10.6 Å². The lowest BCUT2D eigenvalue weighted by Gasteiger charge is -2.10. The molecule has 2 amide bonds. The van der Waals surface area contributed by atoms with Crippen LogP contribution in [0.1, 0.15) is 31.8 Å². The molecule has 0 aliphatic carbocycles. The van der Waals surface area contributed by atoms with Crippen LogP contribution in [0, 0.1) is 0 Å². The van der Waals surface area contributed by atoms with Gasteiger partial charge in [0.2, 0.25) is 0 Å². The van der Waals surface area contributed by atoms with Crippen LogP contribution in [0.15, 0.2) is 48.5 Å². The minimum Gasteiger partial charge on any atom is -0.504 e. The summed E-state index contributed by atoms with van der Waals surface area (Å²) in [6.07, 6.45) is 0. The SMILES string of the molecule is O=C(NCc1cccc(CNC(=O)c2cc(O)c(O)c(O)c2)c1)c1cc(O)c(O)c(O)c1. The summed E-state index contributed by atoms with van der Waals surface area (Å²) in [7, 11) is 0. The Morgan fingerprint density at radius 1 is 0.594 bits per heavy atom. The predicted octanol–water partition coefficient (Wildman–Crippen LogP) is 1.78. The van der Waals surface area contributed by atoms with Crippen LogP contribution >= 0.6 is 0 Å². The number of aromatic hydroxyl groups is 6. The Morgan fingerprint density at radius 3 is 1.28 bits per heavy atom.